The average Bonchev–Trinajstić information content (AvgIpc) is 2.24. The molecular formula is C11H11Cl2NO2S. The highest BCUT2D eigenvalue weighted by molar-refractivity contribution is 7.90. The number of nitriles is 1. The molecule has 1 aromatic rings. The van der Waals surface area contributed by atoms with Crippen LogP contribution in [0.15, 0.2) is 18.2 Å². The fourth-order valence-electron chi connectivity index (χ4n) is 1.33. The minimum absolute atomic E-state index is 0.0257. The SMILES string of the molecule is N#CCCCS(=O)(=O)Cc1c(Cl)cccc1Cl. The second kappa shape index (κ2) is 6.25. The van der Waals surface area contributed by atoms with Crippen LogP contribution >= 0.6 is 23.2 Å². The standard InChI is InChI=1S/C11H11Cl2NO2S/c12-10-4-3-5-11(13)9(10)8-17(15,16)7-2-1-6-14/h3-5H,1-2,7-8H2. The molecule has 0 heterocycles. The lowest BCUT2D eigenvalue weighted by Crippen LogP contribution is -2.10. The van der Waals surface area contributed by atoms with Gasteiger partial charge in [-0.05, 0) is 18.6 Å². The van der Waals surface area contributed by atoms with E-state index in [1.165, 1.54) is 0 Å². The maximum absolute atomic E-state index is 11.8. The fraction of sp³-hybridized carbons (Fsp3) is 0.364. The Labute approximate surface area is 111 Å². The molecule has 17 heavy (non-hydrogen) atoms. The van der Waals surface area contributed by atoms with Crippen LogP contribution < -0.4 is 0 Å². The second-order valence-corrected chi connectivity index (χ2v) is 6.55. The van der Waals surface area contributed by atoms with Crippen LogP contribution in [0, 0.1) is 11.3 Å². The second-order valence-electron chi connectivity index (χ2n) is 3.55. The van der Waals surface area contributed by atoms with Crippen LogP contribution in [-0.4, -0.2) is 14.2 Å². The van der Waals surface area contributed by atoms with Crippen LogP contribution in [0.2, 0.25) is 10.0 Å². The first kappa shape index (κ1) is 14.3. The van der Waals surface area contributed by atoms with Crippen LogP contribution in [0.4, 0.5) is 0 Å². The zero-order valence-corrected chi connectivity index (χ0v) is 11.3. The molecule has 0 N–H and O–H groups in total. The van der Waals surface area contributed by atoms with E-state index in [4.69, 9.17) is 28.5 Å². The normalized spacial score (nSPS) is 11.1. The highest BCUT2D eigenvalue weighted by Crippen LogP contribution is 2.26. The summed E-state index contributed by atoms with van der Waals surface area (Å²) in [7, 11) is -3.27. The molecule has 0 amide bonds. The molecule has 0 aromatic heterocycles. The van der Waals surface area contributed by atoms with Crippen molar-refractivity contribution in [1.82, 2.24) is 0 Å². The van der Waals surface area contributed by atoms with Crippen LogP contribution in [0.25, 0.3) is 0 Å². The Kier molecular flexibility index (Phi) is 5.26. The minimum Gasteiger partial charge on any atom is -0.228 e. The number of unbranched alkanes of at least 4 members (excludes halogenated alkanes) is 1. The van der Waals surface area contributed by atoms with Gasteiger partial charge in [0.2, 0.25) is 0 Å². The fourth-order valence-corrected chi connectivity index (χ4v) is 3.50. The topological polar surface area (TPSA) is 57.9 Å². The molecule has 0 atom stereocenters. The third kappa shape index (κ3) is 4.55. The quantitative estimate of drug-likeness (QED) is 0.783. The van der Waals surface area contributed by atoms with Gasteiger partial charge in [-0.3, -0.25) is 0 Å². The van der Waals surface area contributed by atoms with Gasteiger partial charge in [-0.1, -0.05) is 29.3 Å². The van der Waals surface area contributed by atoms with Crippen molar-refractivity contribution in [2.75, 3.05) is 5.75 Å². The van der Waals surface area contributed by atoms with Crippen molar-refractivity contribution in [3.63, 3.8) is 0 Å². The summed E-state index contributed by atoms with van der Waals surface area (Å²) >= 11 is 11.8. The van der Waals surface area contributed by atoms with E-state index in [1.807, 2.05) is 6.07 Å². The zero-order valence-electron chi connectivity index (χ0n) is 8.99. The summed E-state index contributed by atoms with van der Waals surface area (Å²) in [5, 5.41) is 9.05. The van der Waals surface area contributed by atoms with Gasteiger partial charge in [0.05, 0.1) is 17.6 Å². The lowest BCUT2D eigenvalue weighted by molar-refractivity contribution is 0.593. The third-order valence-corrected chi connectivity index (χ3v) is 4.52. The maximum Gasteiger partial charge on any atom is 0.154 e. The first-order valence-electron chi connectivity index (χ1n) is 4.96. The van der Waals surface area contributed by atoms with E-state index in [9.17, 15) is 8.42 Å². The molecule has 1 rings (SSSR count). The van der Waals surface area contributed by atoms with Gasteiger partial charge in [0.1, 0.15) is 0 Å². The van der Waals surface area contributed by atoms with Crippen LogP contribution in [-0.2, 0) is 15.6 Å². The van der Waals surface area contributed by atoms with Gasteiger partial charge in [-0.15, -0.1) is 0 Å². The first-order chi connectivity index (χ1) is 7.96. The highest BCUT2D eigenvalue weighted by Gasteiger charge is 2.16. The monoisotopic (exact) mass is 291 g/mol. The number of sulfone groups is 1. The van der Waals surface area contributed by atoms with Gasteiger partial charge in [0, 0.05) is 22.0 Å². The summed E-state index contributed by atoms with van der Waals surface area (Å²) in [5.41, 5.74) is 0.424. The predicted molar refractivity (Wildman–Crippen MR) is 68.8 cm³/mol. The van der Waals surface area contributed by atoms with E-state index in [0.29, 0.717) is 22.0 Å². The van der Waals surface area contributed by atoms with Crippen molar-refractivity contribution in [2.24, 2.45) is 0 Å². The summed E-state index contributed by atoms with van der Waals surface area (Å²) in [6.45, 7) is 0. The Morgan fingerprint density at radius 3 is 2.35 bits per heavy atom. The molecule has 0 spiro atoms. The molecular weight excluding hydrogens is 281 g/mol. The number of rotatable bonds is 5. The van der Waals surface area contributed by atoms with Crippen LogP contribution in [0.1, 0.15) is 18.4 Å². The van der Waals surface area contributed by atoms with E-state index in [0.717, 1.165) is 0 Å². The molecule has 0 saturated heterocycles. The van der Waals surface area contributed by atoms with Crippen molar-refractivity contribution < 1.29 is 8.42 Å². The van der Waals surface area contributed by atoms with Crippen molar-refractivity contribution >= 4 is 33.0 Å². The molecule has 0 bridgehead atoms. The van der Waals surface area contributed by atoms with E-state index >= 15 is 0 Å². The van der Waals surface area contributed by atoms with E-state index < -0.39 is 9.84 Å². The minimum atomic E-state index is -3.27. The highest BCUT2D eigenvalue weighted by atomic mass is 35.5. The van der Waals surface area contributed by atoms with Gasteiger partial charge >= 0.3 is 0 Å². The predicted octanol–water partition coefficient (Wildman–Crippen LogP) is 3.21. The molecule has 0 unspecified atom stereocenters. The molecule has 6 heteroatoms. The van der Waals surface area contributed by atoms with Crippen molar-refractivity contribution in [2.45, 2.75) is 18.6 Å². The molecule has 0 saturated carbocycles. The van der Waals surface area contributed by atoms with E-state index in [1.54, 1.807) is 18.2 Å². The lowest BCUT2D eigenvalue weighted by Gasteiger charge is -2.07. The summed E-state index contributed by atoms with van der Waals surface area (Å²) in [4.78, 5) is 0. The largest absolute Gasteiger partial charge is 0.228 e. The maximum atomic E-state index is 11.8. The van der Waals surface area contributed by atoms with Gasteiger partial charge in [-0.2, -0.15) is 5.26 Å². The van der Waals surface area contributed by atoms with Gasteiger partial charge in [-0.25, -0.2) is 8.42 Å². The summed E-state index contributed by atoms with van der Waals surface area (Å²) in [6, 6.07) is 6.78. The Morgan fingerprint density at radius 2 is 1.82 bits per heavy atom. The molecule has 0 aliphatic carbocycles. The van der Waals surface area contributed by atoms with Crippen molar-refractivity contribution in [1.29, 1.82) is 5.26 Å². The molecule has 0 aliphatic rings. The Hall–Kier alpha value is -0.760. The van der Waals surface area contributed by atoms with Gasteiger partial charge in [0.25, 0.3) is 0 Å². The Morgan fingerprint density at radius 1 is 1.24 bits per heavy atom. The smallest absolute Gasteiger partial charge is 0.154 e. The van der Waals surface area contributed by atoms with Crippen molar-refractivity contribution in [3.8, 4) is 6.07 Å². The molecule has 0 fully saturated rings. The lowest BCUT2D eigenvalue weighted by atomic mass is 10.2. The number of hydrogen-bond acceptors (Lipinski definition) is 3. The summed E-state index contributed by atoms with van der Waals surface area (Å²) < 4.78 is 23.5. The number of benzene rings is 1. The average molecular weight is 292 g/mol. The molecule has 3 nitrogen and oxygen atoms in total. The van der Waals surface area contributed by atoms with Gasteiger partial charge < -0.3 is 0 Å². The van der Waals surface area contributed by atoms with Crippen molar-refractivity contribution in [3.05, 3.63) is 33.8 Å². The van der Waals surface area contributed by atoms with Gasteiger partial charge in [0.15, 0.2) is 9.84 Å². The van der Waals surface area contributed by atoms with E-state index in [-0.39, 0.29) is 17.9 Å². The molecule has 1 aromatic carbocycles. The van der Waals surface area contributed by atoms with Crippen LogP contribution in [0.5, 0.6) is 0 Å². The summed E-state index contributed by atoms with van der Waals surface area (Å²) in [6.07, 6.45) is 0.566. The number of hydrogen-bond donors (Lipinski definition) is 0. The molecule has 92 valence electrons. The Balaban J connectivity index is 2.81. The molecule has 0 radical (unpaired) electrons. The molecule has 0 aliphatic heterocycles. The zero-order chi connectivity index (χ0) is 12.9. The first-order valence-corrected chi connectivity index (χ1v) is 7.54. The van der Waals surface area contributed by atoms with E-state index in [2.05, 4.69) is 0 Å². The third-order valence-electron chi connectivity index (χ3n) is 2.17. The number of halogens is 2. The number of nitrogens with zero attached hydrogens (tertiary/aromatic N) is 1. The Bertz CT molecular complexity index is 515. The van der Waals surface area contributed by atoms with Crippen LogP contribution in [0.3, 0.4) is 0 Å². The summed E-state index contributed by atoms with van der Waals surface area (Å²) in [5.74, 6) is -0.209.